The Morgan fingerprint density at radius 3 is 2.20 bits per heavy atom. The van der Waals surface area contributed by atoms with Gasteiger partial charge < -0.3 is 0 Å². The fraction of sp³-hybridized carbons (Fsp3) is 0.250. The minimum Gasteiger partial charge on any atom is -0.216 e. The lowest BCUT2D eigenvalue weighted by Crippen LogP contribution is -1.51. The van der Waals surface area contributed by atoms with E-state index < -0.39 is 0 Å². The lowest BCUT2D eigenvalue weighted by molar-refractivity contribution is 0.713. The second kappa shape index (κ2) is 1.94. The number of rotatable bonds is 0. The van der Waals surface area contributed by atoms with Crippen molar-refractivity contribution >= 4 is 0 Å². The van der Waals surface area contributed by atoms with Crippen molar-refractivity contribution in [3.05, 3.63) is 18.8 Å². The summed E-state index contributed by atoms with van der Waals surface area (Å²) < 4.78 is 10.9. The maximum Gasteiger partial charge on any atom is 0.0856 e. The summed E-state index contributed by atoms with van der Waals surface area (Å²) in [6, 6.07) is 0. The molecule has 0 aliphatic heterocycles. The second-order valence-electron chi connectivity index (χ2n) is 0.955. The fourth-order valence-electron chi connectivity index (χ4n) is 0. The average molecular weight is 73.1 g/mol. The van der Waals surface area contributed by atoms with E-state index in [0.717, 1.165) is 0 Å². The molecule has 0 spiro atoms. The van der Waals surface area contributed by atoms with Gasteiger partial charge in [0.1, 0.15) is 0 Å². The Hall–Kier alpha value is -0.330. The molecule has 1 radical (unpaired) electrons. The largest absolute Gasteiger partial charge is 0.216 e. The van der Waals surface area contributed by atoms with Crippen molar-refractivity contribution in [2.75, 3.05) is 0 Å². The van der Waals surface area contributed by atoms with Crippen LogP contribution >= 0.6 is 0 Å². The zero-order valence-corrected chi connectivity index (χ0v) is 3.16. The Labute approximate surface area is 31.3 Å². The molecule has 0 aromatic rings. The van der Waals surface area contributed by atoms with E-state index in [-0.39, 0.29) is 0 Å². The first-order valence-corrected chi connectivity index (χ1v) is 1.36. The number of allylic oxidation sites excluding steroid dienone is 1. The topological polar surface area (TPSA) is 0 Å². The molecule has 0 unspecified atom stereocenters. The number of halogens is 1. The zero-order valence-electron chi connectivity index (χ0n) is 3.16. The summed E-state index contributed by atoms with van der Waals surface area (Å²) in [5, 5.41) is 0. The van der Waals surface area contributed by atoms with Crippen LogP contribution in [0.2, 0.25) is 0 Å². The van der Waals surface area contributed by atoms with Gasteiger partial charge in [0.05, 0.1) is 6.33 Å². The highest BCUT2D eigenvalue weighted by Crippen LogP contribution is 1.84. The predicted molar refractivity (Wildman–Crippen MR) is 20.2 cm³/mol. The molecule has 0 rings (SSSR count). The zero-order chi connectivity index (χ0) is 4.28. The summed E-state index contributed by atoms with van der Waals surface area (Å²) in [4.78, 5) is 0. The maximum atomic E-state index is 10.9. The Balaban J connectivity index is 3.14. The van der Waals surface area contributed by atoms with Crippen molar-refractivity contribution in [1.82, 2.24) is 0 Å². The SMILES string of the molecule is [CH2]/C(C)=C/F. The summed E-state index contributed by atoms with van der Waals surface area (Å²) >= 11 is 0. The van der Waals surface area contributed by atoms with Crippen molar-refractivity contribution in [2.24, 2.45) is 0 Å². The molecular formula is C4H6F. The lowest BCUT2D eigenvalue weighted by Gasteiger charge is -1.70. The van der Waals surface area contributed by atoms with E-state index in [4.69, 9.17) is 0 Å². The van der Waals surface area contributed by atoms with Gasteiger partial charge in [-0.2, -0.15) is 0 Å². The van der Waals surface area contributed by atoms with Crippen molar-refractivity contribution in [3.8, 4) is 0 Å². The van der Waals surface area contributed by atoms with E-state index in [1.165, 1.54) is 0 Å². The Kier molecular flexibility index (Phi) is 1.81. The molecule has 0 aliphatic carbocycles. The van der Waals surface area contributed by atoms with Crippen LogP contribution in [0.4, 0.5) is 4.39 Å². The highest BCUT2D eigenvalue weighted by molar-refractivity contribution is 4.94. The Bertz CT molecular complexity index is 41.6. The molecule has 0 saturated heterocycles. The maximum absolute atomic E-state index is 10.9. The van der Waals surface area contributed by atoms with E-state index in [1.54, 1.807) is 6.92 Å². The van der Waals surface area contributed by atoms with E-state index in [1.807, 2.05) is 0 Å². The minimum atomic E-state index is 0.463. The highest BCUT2D eigenvalue weighted by atomic mass is 19.1. The molecule has 0 nitrogen and oxygen atoms in total. The molecule has 0 aromatic carbocycles. The summed E-state index contributed by atoms with van der Waals surface area (Å²) in [7, 11) is 0. The van der Waals surface area contributed by atoms with Gasteiger partial charge in [-0.05, 0) is 19.4 Å². The van der Waals surface area contributed by atoms with Gasteiger partial charge in [-0.3, -0.25) is 0 Å². The molecule has 0 aliphatic rings. The molecule has 0 fully saturated rings. The quantitative estimate of drug-likeness (QED) is 0.409. The van der Waals surface area contributed by atoms with Crippen LogP contribution in [0, 0.1) is 6.92 Å². The van der Waals surface area contributed by atoms with Gasteiger partial charge in [-0.1, -0.05) is 0 Å². The fourth-order valence-corrected chi connectivity index (χ4v) is 0. The van der Waals surface area contributed by atoms with Crippen LogP contribution in [0.3, 0.4) is 0 Å². The second-order valence-corrected chi connectivity index (χ2v) is 0.955. The predicted octanol–water partition coefficient (Wildman–Crippen LogP) is 1.69. The van der Waals surface area contributed by atoms with Crippen LogP contribution < -0.4 is 0 Å². The van der Waals surface area contributed by atoms with Crippen LogP contribution in [-0.2, 0) is 0 Å². The van der Waals surface area contributed by atoms with Crippen molar-refractivity contribution in [3.63, 3.8) is 0 Å². The molecular weight excluding hydrogens is 67.0 g/mol. The monoisotopic (exact) mass is 73.0 g/mol. The Morgan fingerprint density at radius 2 is 2.20 bits per heavy atom. The molecule has 0 atom stereocenters. The molecule has 0 amide bonds. The third-order valence-corrected chi connectivity index (χ3v) is 0.186. The summed E-state index contributed by atoms with van der Waals surface area (Å²) in [5.74, 6) is 0. The van der Waals surface area contributed by atoms with Crippen LogP contribution in [0.25, 0.3) is 0 Å². The number of hydrogen-bond acceptors (Lipinski definition) is 0. The van der Waals surface area contributed by atoms with Gasteiger partial charge in [0.15, 0.2) is 0 Å². The summed E-state index contributed by atoms with van der Waals surface area (Å²) in [5.41, 5.74) is 0.463. The van der Waals surface area contributed by atoms with Crippen LogP contribution in [0.5, 0.6) is 0 Å². The first kappa shape index (κ1) is 4.67. The molecule has 29 valence electrons. The van der Waals surface area contributed by atoms with E-state index in [9.17, 15) is 4.39 Å². The van der Waals surface area contributed by atoms with E-state index >= 15 is 0 Å². The van der Waals surface area contributed by atoms with Gasteiger partial charge in [-0.25, -0.2) is 4.39 Å². The summed E-state index contributed by atoms with van der Waals surface area (Å²) in [6.07, 6.45) is 0.472. The van der Waals surface area contributed by atoms with Crippen LogP contribution in [-0.4, -0.2) is 0 Å². The summed E-state index contributed by atoms with van der Waals surface area (Å²) in [6.45, 7) is 4.84. The molecule has 0 aromatic heterocycles. The highest BCUT2D eigenvalue weighted by Gasteiger charge is 1.64. The lowest BCUT2D eigenvalue weighted by atomic mass is 10.4. The Morgan fingerprint density at radius 1 is 2.00 bits per heavy atom. The molecule has 5 heavy (non-hydrogen) atoms. The van der Waals surface area contributed by atoms with Crippen molar-refractivity contribution < 1.29 is 4.39 Å². The first-order chi connectivity index (χ1) is 2.27. The molecule has 0 N–H and O–H groups in total. The van der Waals surface area contributed by atoms with Crippen molar-refractivity contribution in [2.45, 2.75) is 6.92 Å². The smallest absolute Gasteiger partial charge is 0.0856 e. The van der Waals surface area contributed by atoms with Gasteiger partial charge in [-0.15, -0.1) is 0 Å². The van der Waals surface area contributed by atoms with Gasteiger partial charge >= 0.3 is 0 Å². The molecule has 0 bridgehead atoms. The van der Waals surface area contributed by atoms with Crippen molar-refractivity contribution in [1.29, 1.82) is 0 Å². The normalized spacial score (nSPS) is 12.2. The molecule has 1 heteroatoms. The first-order valence-electron chi connectivity index (χ1n) is 1.36. The van der Waals surface area contributed by atoms with Gasteiger partial charge in [0, 0.05) is 0 Å². The van der Waals surface area contributed by atoms with Gasteiger partial charge in [0.25, 0.3) is 0 Å². The average Bonchev–Trinajstić information content (AvgIpc) is 1.38. The van der Waals surface area contributed by atoms with Crippen LogP contribution in [0.15, 0.2) is 11.9 Å². The van der Waals surface area contributed by atoms with E-state index in [2.05, 4.69) is 6.92 Å². The van der Waals surface area contributed by atoms with Crippen LogP contribution in [0.1, 0.15) is 6.92 Å². The third kappa shape index (κ3) is 3.67. The molecule has 0 heterocycles. The minimum absolute atomic E-state index is 0.463. The molecule has 0 saturated carbocycles. The number of hydrogen-bond donors (Lipinski definition) is 0. The standard InChI is InChI=1S/C4H6F/c1-4(2)3-5/h3H,1H2,2H3/b4-3-. The van der Waals surface area contributed by atoms with Gasteiger partial charge in [0.2, 0.25) is 0 Å². The van der Waals surface area contributed by atoms with E-state index in [0.29, 0.717) is 11.9 Å². The third-order valence-electron chi connectivity index (χ3n) is 0.186.